The number of hydrogen-bond donors (Lipinski definition) is 3. The summed E-state index contributed by atoms with van der Waals surface area (Å²) in [6.07, 6.45) is 0.988. The summed E-state index contributed by atoms with van der Waals surface area (Å²) < 4.78 is 0. The average Bonchev–Trinajstić information content (AvgIpc) is 2.56. The van der Waals surface area contributed by atoms with Crippen molar-refractivity contribution >= 4 is 11.4 Å². The van der Waals surface area contributed by atoms with Gasteiger partial charge in [-0.25, -0.2) is 0 Å². The maximum atomic E-state index is 10.7. The standard InChI is InChI=1S/C22H32N2O/c1-7-18(17-11-9-8-10-12-17)19-13-20(25)22(24-15(4)5)21(16(19)6)23-14(2)3/h8-15,18,23-25H,7H2,1-6H3. The van der Waals surface area contributed by atoms with Crippen LogP contribution in [0.1, 0.15) is 63.6 Å². The van der Waals surface area contributed by atoms with Gasteiger partial charge in [-0.15, -0.1) is 0 Å². The zero-order chi connectivity index (χ0) is 18.6. The minimum absolute atomic E-state index is 0.250. The summed E-state index contributed by atoms with van der Waals surface area (Å²) in [4.78, 5) is 0. The molecule has 2 aromatic carbocycles. The minimum atomic E-state index is 0.250. The first-order valence-electron chi connectivity index (χ1n) is 9.29. The van der Waals surface area contributed by atoms with Crippen LogP contribution in [0.15, 0.2) is 36.4 Å². The van der Waals surface area contributed by atoms with Crippen molar-refractivity contribution in [3.63, 3.8) is 0 Å². The zero-order valence-electron chi connectivity index (χ0n) is 16.4. The summed E-state index contributed by atoms with van der Waals surface area (Å²) in [5, 5.41) is 17.7. The Labute approximate surface area is 152 Å². The monoisotopic (exact) mass is 340 g/mol. The van der Waals surface area contributed by atoms with E-state index in [1.54, 1.807) is 0 Å². The number of benzene rings is 2. The lowest BCUT2D eigenvalue weighted by Gasteiger charge is -2.26. The summed E-state index contributed by atoms with van der Waals surface area (Å²) in [5.74, 6) is 0.583. The number of phenols is 1. The lowest BCUT2D eigenvalue weighted by Crippen LogP contribution is -2.18. The van der Waals surface area contributed by atoms with Crippen LogP contribution in [0.2, 0.25) is 0 Å². The Hall–Kier alpha value is -2.16. The van der Waals surface area contributed by atoms with Crippen LogP contribution in [-0.4, -0.2) is 17.2 Å². The third-order valence-electron chi connectivity index (χ3n) is 4.46. The maximum Gasteiger partial charge on any atom is 0.141 e. The molecule has 0 fully saturated rings. The Kier molecular flexibility index (Phi) is 6.35. The fraction of sp³-hybridized carbons (Fsp3) is 0.455. The van der Waals surface area contributed by atoms with Gasteiger partial charge in [0.05, 0.1) is 5.69 Å². The second-order valence-corrected chi connectivity index (χ2v) is 7.33. The number of phenolic OH excluding ortho intramolecular Hbond substituents is 1. The zero-order valence-corrected chi connectivity index (χ0v) is 16.4. The Balaban J connectivity index is 2.60. The van der Waals surface area contributed by atoms with Gasteiger partial charge in [0, 0.05) is 18.0 Å². The second-order valence-electron chi connectivity index (χ2n) is 7.33. The van der Waals surface area contributed by atoms with Crippen molar-refractivity contribution in [2.45, 2.75) is 66.0 Å². The Morgan fingerprint density at radius 2 is 1.48 bits per heavy atom. The minimum Gasteiger partial charge on any atom is -0.506 e. The summed E-state index contributed by atoms with van der Waals surface area (Å²) in [5.41, 5.74) is 5.47. The van der Waals surface area contributed by atoms with Crippen molar-refractivity contribution in [1.29, 1.82) is 0 Å². The van der Waals surface area contributed by atoms with Gasteiger partial charge in [0.1, 0.15) is 11.4 Å². The van der Waals surface area contributed by atoms with Gasteiger partial charge in [-0.3, -0.25) is 0 Å². The van der Waals surface area contributed by atoms with Crippen LogP contribution in [0.3, 0.4) is 0 Å². The molecule has 0 saturated heterocycles. The van der Waals surface area contributed by atoms with Gasteiger partial charge < -0.3 is 15.7 Å². The molecule has 1 atom stereocenters. The van der Waals surface area contributed by atoms with Crippen LogP contribution in [0.4, 0.5) is 11.4 Å². The third-order valence-corrected chi connectivity index (χ3v) is 4.46. The summed E-state index contributed by atoms with van der Waals surface area (Å²) in [6.45, 7) is 12.8. The van der Waals surface area contributed by atoms with Gasteiger partial charge in [0.25, 0.3) is 0 Å². The highest BCUT2D eigenvalue weighted by atomic mass is 16.3. The first kappa shape index (κ1) is 19.2. The van der Waals surface area contributed by atoms with E-state index >= 15 is 0 Å². The predicted octanol–water partition coefficient (Wildman–Crippen LogP) is 5.88. The van der Waals surface area contributed by atoms with Gasteiger partial charge in [-0.2, -0.15) is 0 Å². The summed E-state index contributed by atoms with van der Waals surface area (Å²) in [6, 6.07) is 13.0. The molecule has 136 valence electrons. The molecule has 0 spiro atoms. The molecule has 0 heterocycles. The number of rotatable bonds is 7. The fourth-order valence-corrected chi connectivity index (χ4v) is 3.37. The lowest BCUT2D eigenvalue weighted by molar-refractivity contribution is 0.475. The molecule has 0 bridgehead atoms. The Morgan fingerprint density at radius 1 is 0.920 bits per heavy atom. The lowest BCUT2D eigenvalue weighted by atomic mass is 9.85. The molecule has 0 aliphatic heterocycles. The van der Waals surface area contributed by atoms with E-state index in [2.05, 4.69) is 76.4 Å². The maximum absolute atomic E-state index is 10.7. The smallest absolute Gasteiger partial charge is 0.141 e. The normalized spacial score (nSPS) is 12.5. The third kappa shape index (κ3) is 4.47. The predicted molar refractivity (Wildman–Crippen MR) is 109 cm³/mol. The fourth-order valence-electron chi connectivity index (χ4n) is 3.37. The highest BCUT2D eigenvalue weighted by Gasteiger charge is 2.22. The van der Waals surface area contributed by atoms with Crippen molar-refractivity contribution in [3.05, 3.63) is 53.1 Å². The van der Waals surface area contributed by atoms with E-state index < -0.39 is 0 Å². The van der Waals surface area contributed by atoms with E-state index in [4.69, 9.17) is 0 Å². The molecule has 0 radical (unpaired) electrons. The number of aromatic hydroxyl groups is 1. The average molecular weight is 341 g/mol. The van der Waals surface area contributed by atoms with Crippen molar-refractivity contribution in [1.82, 2.24) is 0 Å². The van der Waals surface area contributed by atoms with Crippen molar-refractivity contribution in [2.75, 3.05) is 10.6 Å². The van der Waals surface area contributed by atoms with Crippen LogP contribution < -0.4 is 10.6 Å². The van der Waals surface area contributed by atoms with E-state index in [1.807, 2.05) is 12.1 Å². The number of nitrogens with one attached hydrogen (secondary N) is 2. The molecule has 0 saturated carbocycles. The van der Waals surface area contributed by atoms with Crippen LogP contribution in [0.5, 0.6) is 5.75 Å². The van der Waals surface area contributed by atoms with E-state index in [1.165, 1.54) is 16.7 Å². The molecule has 0 amide bonds. The number of hydrogen-bond acceptors (Lipinski definition) is 3. The molecule has 3 heteroatoms. The molecular weight excluding hydrogens is 308 g/mol. The molecule has 2 rings (SSSR count). The quantitative estimate of drug-likeness (QED) is 0.551. The van der Waals surface area contributed by atoms with Gasteiger partial charge >= 0.3 is 0 Å². The molecule has 0 aromatic heterocycles. The summed E-state index contributed by atoms with van der Waals surface area (Å²) in [7, 11) is 0. The highest BCUT2D eigenvalue weighted by molar-refractivity contribution is 5.80. The Morgan fingerprint density at radius 3 is 2.00 bits per heavy atom. The molecule has 2 aromatic rings. The largest absolute Gasteiger partial charge is 0.506 e. The molecule has 0 aliphatic carbocycles. The van der Waals surface area contributed by atoms with E-state index in [0.717, 1.165) is 17.8 Å². The SMILES string of the molecule is CCC(c1ccccc1)c1cc(O)c(NC(C)C)c(NC(C)C)c1C. The topological polar surface area (TPSA) is 44.3 Å². The van der Waals surface area contributed by atoms with Crippen molar-refractivity contribution in [2.24, 2.45) is 0 Å². The highest BCUT2D eigenvalue weighted by Crippen LogP contribution is 2.42. The Bertz CT molecular complexity index is 693. The molecule has 3 nitrogen and oxygen atoms in total. The van der Waals surface area contributed by atoms with Gasteiger partial charge in [0.2, 0.25) is 0 Å². The molecule has 3 N–H and O–H groups in total. The van der Waals surface area contributed by atoms with Crippen LogP contribution in [0, 0.1) is 6.92 Å². The first-order valence-corrected chi connectivity index (χ1v) is 9.29. The van der Waals surface area contributed by atoms with Crippen molar-refractivity contribution in [3.8, 4) is 5.75 Å². The van der Waals surface area contributed by atoms with E-state index in [-0.39, 0.29) is 18.0 Å². The van der Waals surface area contributed by atoms with Gasteiger partial charge in [0.15, 0.2) is 0 Å². The molecule has 0 aliphatic rings. The van der Waals surface area contributed by atoms with Crippen LogP contribution in [0.25, 0.3) is 0 Å². The molecule has 25 heavy (non-hydrogen) atoms. The van der Waals surface area contributed by atoms with E-state index in [0.29, 0.717) is 5.75 Å². The van der Waals surface area contributed by atoms with Crippen molar-refractivity contribution < 1.29 is 5.11 Å². The molecular formula is C22H32N2O. The van der Waals surface area contributed by atoms with Crippen LogP contribution >= 0.6 is 0 Å². The summed E-state index contributed by atoms with van der Waals surface area (Å²) >= 11 is 0. The van der Waals surface area contributed by atoms with Crippen LogP contribution in [-0.2, 0) is 0 Å². The van der Waals surface area contributed by atoms with E-state index in [9.17, 15) is 5.11 Å². The molecule has 1 unspecified atom stereocenters. The first-order chi connectivity index (χ1) is 11.8. The second kappa shape index (κ2) is 8.28. The van der Waals surface area contributed by atoms with Gasteiger partial charge in [-0.1, -0.05) is 37.3 Å². The number of anilines is 2. The van der Waals surface area contributed by atoms with Gasteiger partial charge in [-0.05, 0) is 63.8 Å².